The fourth-order valence-corrected chi connectivity index (χ4v) is 1.79. The van der Waals surface area contributed by atoms with E-state index in [0.29, 0.717) is 11.2 Å². The molecule has 5 nitrogen and oxygen atoms in total. The number of thiophene rings is 1. The third-order valence-corrected chi connectivity index (χ3v) is 2.40. The Hall–Kier alpha value is -0.782. The zero-order valence-corrected chi connectivity index (χ0v) is 11.7. The number of hydrogen-bond acceptors (Lipinski definition) is 4. The molecule has 0 bridgehead atoms. The van der Waals surface area contributed by atoms with Gasteiger partial charge in [-0.25, -0.2) is 0 Å². The predicted molar refractivity (Wildman–Crippen MR) is 54.9 cm³/mol. The number of aliphatic hydroxyl groups excluding tert-OH is 1. The minimum Gasteiger partial charge on any atom is -0.665 e. The van der Waals surface area contributed by atoms with Crippen LogP contribution >= 0.6 is 23.6 Å². The molecule has 0 spiro atoms. The van der Waals surface area contributed by atoms with Crippen molar-refractivity contribution in [1.82, 2.24) is 9.97 Å². The summed E-state index contributed by atoms with van der Waals surface area (Å²) in [4.78, 5) is 25.7. The summed E-state index contributed by atoms with van der Waals surface area (Å²) in [6, 6.07) is 1.82. The second kappa shape index (κ2) is 6.66. The van der Waals surface area contributed by atoms with E-state index >= 15 is 0 Å². The number of nitrogens with zero attached hydrogens (tertiary/aromatic N) is 1. The molecule has 0 fully saturated rings. The molecule has 2 aromatic rings. The van der Waals surface area contributed by atoms with Crippen molar-refractivity contribution < 1.29 is 31.0 Å². The molecule has 8 heteroatoms. The number of aromatic nitrogens is 2. The van der Waals surface area contributed by atoms with Gasteiger partial charge in [-0.1, -0.05) is 18.7 Å². The first kappa shape index (κ1) is 14.2. The molecule has 0 atom stereocenters. The van der Waals surface area contributed by atoms with E-state index in [9.17, 15) is 4.79 Å². The number of hydrogen-bond donors (Lipinski definition) is 2. The smallest absolute Gasteiger partial charge is 0.665 e. The van der Waals surface area contributed by atoms with Gasteiger partial charge in [-0.2, -0.15) is 0 Å². The van der Waals surface area contributed by atoms with Gasteiger partial charge in [0.15, 0.2) is 5.56 Å². The average molecular weight is 412 g/mol. The Morgan fingerprint density at radius 1 is 1.60 bits per heavy atom. The van der Waals surface area contributed by atoms with Crippen LogP contribution in [0.2, 0.25) is 0 Å². The normalized spacial score (nSPS) is 8.53. The molecule has 0 aliphatic carbocycles. The maximum atomic E-state index is 11.1. The van der Waals surface area contributed by atoms with Crippen molar-refractivity contribution in [2.24, 2.45) is 0 Å². The Balaban J connectivity index is 0.000000443. The summed E-state index contributed by atoms with van der Waals surface area (Å²) in [6.07, 6.45) is 0. The molecule has 2 N–H and O–H groups in total. The first-order chi connectivity index (χ1) is 6.69. The molecular formula is C7H4N2O3S2W. The van der Waals surface area contributed by atoms with Crippen molar-refractivity contribution in [3.05, 3.63) is 26.6 Å². The van der Waals surface area contributed by atoms with Gasteiger partial charge in [0, 0.05) is 4.77 Å². The second-order valence-electron chi connectivity index (χ2n) is 2.10. The monoisotopic (exact) mass is 412 g/mol. The SMILES string of the molecule is O=[C-]O.O=c1[n-]c(=S)[nH]c2ccsc12.[W+2]. The van der Waals surface area contributed by atoms with Crippen LogP contribution < -0.4 is 10.5 Å². The van der Waals surface area contributed by atoms with Crippen molar-refractivity contribution in [1.29, 1.82) is 0 Å². The molecule has 15 heavy (non-hydrogen) atoms. The third-order valence-electron chi connectivity index (χ3n) is 1.30. The molecule has 0 saturated carbocycles. The van der Waals surface area contributed by atoms with Gasteiger partial charge in [-0.3, -0.25) is 4.79 Å². The molecule has 2 heterocycles. The van der Waals surface area contributed by atoms with Gasteiger partial charge in [-0.05, 0) is 17.0 Å². The van der Waals surface area contributed by atoms with E-state index in [1.54, 1.807) is 0 Å². The summed E-state index contributed by atoms with van der Waals surface area (Å²) in [7, 11) is 0. The van der Waals surface area contributed by atoms with Crippen LogP contribution in [0.3, 0.4) is 0 Å². The molecule has 0 aliphatic heterocycles. The van der Waals surface area contributed by atoms with Crippen LogP contribution in [-0.4, -0.2) is 16.6 Å². The first-order valence-electron chi connectivity index (χ1n) is 3.35. The van der Waals surface area contributed by atoms with Crippen LogP contribution in [0.5, 0.6) is 0 Å². The van der Waals surface area contributed by atoms with Gasteiger partial charge in [-0.15, -0.1) is 11.3 Å². The van der Waals surface area contributed by atoms with Crippen molar-refractivity contribution in [2.45, 2.75) is 0 Å². The third kappa shape index (κ3) is 3.69. The number of fused-ring (bicyclic) bond motifs is 1. The maximum absolute atomic E-state index is 11.1. The number of rotatable bonds is 0. The van der Waals surface area contributed by atoms with Crippen molar-refractivity contribution >= 4 is 40.2 Å². The molecule has 0 aromatic carbocycles. The van der Waals surface area contributed by atoms with Crippen molar-refractivity contribution in [3.63, 3.8) is 0 Å². The Kier molecular flexibility index (Phi) is 6.31. The summed E-state index contributed by atoms with van der Waals surface area (Å²) in [5.41, 5.74) is 0.541. The van der Waals surface area contributed by atoms with Gasteiger partial charge in [0.25, 0.3) is 0 Å². The maximum Gasteiger partial charge on any atom is 2.00 e. The number of aromatic amines is 1. The van der Waals surface area contributed by atoms with E-state index in [2.05, 4.69) is 9.97 Å². The zero-order chi connectivity index (χ0) is 10.6. The van der Waals surface area contributed by atoms with E-state index in [1.165, 1.54) is 11.3 Å². The number of nitrogens with one attached hydrogen (secondary N) is 1. The van der Waals surface area contributed by atoms with Crippen LogP contribution in [0.4, 0.5) is 0 Å². The first-order valence-corrected chi connectivity index (χ1v) is 4.63. The van der Waals surface area contributed by atoms with E-state index in [4.69, 9.17) is 22.1 Å². The van der Waals surface area contributed by atoms with Crippen molar-refractivity contribution in [2.75, 3.05) is 0 Å². The van der Waals surface area contributed by atoms with Crippen LogP contribution in [0.25, 0.3) is 10.2 Å². The number of H-pyrrole nitrogens is 1. The fraction of sp³-hybridized carbons (Fsp3) is 0. The molecule has 2 aromatic heterocycles. The van der Waals surface area contributed by atoms with Crippen LogP contribution in [0, 0.1) is 4.77 Å². The Morgan fingerprint density at radius 2 is 2.20 bits per heavy atom. The molecular weight excluding hydrogens is 408 g/mol. The van der Waals surface area contributed by atoms with Gasteiger partial charge >= 0.3 is 21.1 Å². The van der Waals surface area contributed by atoms with Crippen molar-refractivity contribution in [3.8, 4) is 0 Å². The standard InChI is InChI=1S/C6H4N2OS2.CHO2.W/c9-5-4-3(1-2-11-4)7-6(10)8-5;2-1-3;/h1-2H,(H2,7,8,9,10);(H,2,3);/q;-1;+2/p-1. The fourth-order valence-electron chi connectivity index (χ4n) is 0.859. The van der Waals surface area contributed by atoms with Gasteiger partial charge in [0.2, 0.25) is 0 Å². The minimum atomic E-state index is -0.237. The predicted octanol–water partition coefficient (Wildman–Crippen LogP) is 0.885. The average Bonchev–Trinajstić information content (AvgIpc) is 2.53. The molecule has 0 amide bonds. The Bertz CT molecular complexity index is 545. The largest absolute Gasteiger partial charge is 2.00 e. The molecule has 0 radical (unpaired) electrons. The molecule has 78 valence electrons. The Labute approximate surface area is 107 Å². The molecule has 2 rings (SSSR count). The minimum absolute atomic E-state index is 0. The zero-order valence-electron chi connectivity index (χ0n) is 7.09. The van der Waals surface area contributed by atoms with Crippen LogP contribution in [0.1, 0.15) is 0 Å². The molecule has 0 unspecified atom stereocenters. The van der Waals surface area contributed by atoms with E-state index in [0.717, 1.165) is 5.52 Å². The summed E-state index contributed by atoms with van der Waals surface area (Å²) < 4.78 is 0.888. The summed E-state index contributed by atoms with van der Waals surface area (Å²) in [6.45, 7) is 0.500. The van der Waals surface area contributed by atoms with Crippen LogP contribution in [0.15, 0.2) is 16.2 Å². The molecule has 0 saturated heterocycles. The quantitative estimate of drug-likeness (QED) is 0.496. The second-order valence-corrected chi connectivity index (χ2v) is 3.40. The van der Waals surface area contributed by atoms with E-state index < -0.39 is 0 Å². The molecule has 0 aliphatic rings. The Morgan fingerprint density at radius 3 is 2.80 bits per heavy atom. The summed E-state index contributed by atoms with van der Waals surface area (Å²) >= 11 is 6.10. The van der Waals surface area contributed by atoms with Gasteiger partial charge in [0.05, 0.1) is 4.70 Å². The van der Waals surface area contributed by atoms with Crippen LogP contribution in [-0.2, 0) is 25.9 Å². The topological polar surface area (TPSA) is 84.3 Å². The van der Waals surface area contributed by atoms with Gasteiger partial charge in [0.1, 0.15) is 0 Å². The van der Waals surface area contributed by atoms with Gasteiger partial charge < -0.3 is 19.9 Å². The summed E-state index contributed by atoms with van der Waals surface area (Å²) in [5, 5.41) is 8.60. The van der Waals surface area contributed by atoms with E-state index in [1.807, 2.05) is 11.4 Å². The van der Waals surface area contributed by atoms with E-state index in [-0.39, 0.29) is 31.4 Å². The summed E-state index contributed by atoms with van der Waals surface area (Å²) in [5.74, 6) is 0.